The quantitative estimate of drug-likeness (QED) is 0.272. The van der Waals surface area contributed by atoms with Gasteiger partial charge in [0.1, 0.15) is 6.04 Å². The first-order valence-corrected chi connectivity index (χ1v) is 12.9. The fourth-order valence-electron chi connectivity index (χ4n) is 4.73. The van der Waals surface area contributed by atoms with E-state index in [1.54, 1.807) is 42.5 Å². The van der Waals surface area contributed by atoms with E-state index in [0.717, 1.165) is 37.7 Å². The van der Waals surface area contributed by atoms with E-state index in [1.165, 1.54) is 7.11 Å². The summed E-state index contributed by atoms with van der Waals surface area (Å²) in [7, 11) is 1.30. The first kappa shape index (κ1) is 28.0. The van der Waals surface area contributed by atoms with E-state index in [2.05, 4.69) is 10.6 Å². The van der Waals surface area contributed by atoms with Crippen molar-refractivity contribution >= 4 is 46.7 Å². The van der Waals surface area contributed by atoms with E-state index in [-0.39, 0.29) is 34.5 Å². The Hall–Kier alpha value is -2.61. The topological polar surface area (TPSA) is 105 Å². The molecule has 0 radical (unpaired) electrons. The molecule has 3 rings (SSSR count). The Morgan fingerprint density at radius 3 is 2.25 bits per heavy atom. The molecular formula is C27H32Cl2N2O5. The highest BCUT2D eigenvalue weighted by atomic mass is 35.5. The lowest BCUT2D eigenvalue weighted by atomic mass is 9.79. The van der Waals surface area contributed by atoms with Gasteiger partial charge in [0, 0.05) is 24.1 Å². The van der Waals surface area contributed by atoms with Gasteiger partial charge in [-0.25, -0.2) is 4.79 Å². The standard InChI is InChI=1S/C27H32Cl2N2O5/c1-36-25(34)22(31-26(35)27(13-2-3-14-27)15-4-5-16-32)17-18-9-11-19(12-10-18)30-24(33)23-20(28)7-6-8-21(23)29/h6-12,22,32H,2-5,13-17H2,1H3,(H,30,33)(H,31,35)/t22-/m0/s1. The number of rotatable bonds is 11. The Balaban J connectivity index is 1.67. The maximum atomic E-state index is 13.3. The first-order valence-electron chi connectivity index (χ1n) is 12.1. The first-order chi connectivity index (χ1) is 17.3. The molecule has 0 aliphatic heterocycles. The molecule has 1 aliphatic carbocycles. The maximum Gasteiger partial charge on any atom is 0.328 e. The van der Waals surface area contributed by atoms with Crippen LogP contribution in [0.3, 0.4) is 0 Å². The van der Waals surface area contributed by atoms with E-state index in [4.69, 9.17) is 33.0 Å². The summed E-state index contributed by atoms with van der Waals surface area (Å²) in [6.45, 7) is 0.102. The summed E-state index contributed by atoms with van der Waals surface area (Å²) in [5.74, 6) is -1.08. The second-order valence-corrected chi connectivity index (χ2v) is 9.98. The zero-order chi connectivity index (χ0) is 26.1. The van der Waals surface area contributed by atoms with Crippen LogP contribution in [0.5, 0.6) is 0 Å². The van der Waals surface area contributed by atoms with Crippen LogP contribution in [0.25, 0.3) is 0 Å². The van der Waals surface area contributed by atoms with E-state index >= 15 is 0 Å². The Bertz CT molecular complexity index is 1050. The lowest BCUT2D eigenvalue weighted by Gasteiger charge is -2.30. The van der Waals surface area contributed by atoms with Gasteiger partial charge in [-0.2, -0.15) is 0 Å². The third-order valence-corrected chi connectivity index (χ3v) is 7.37. The highest BCUT2D eigenvalue weighted by Crippen LogP contribution is 2.42. The van der Waals surface area contributed by atoms with Crippen LogP contribution in [0.4, 0.5) is 5.69 Å². The van der Waals surface area contributed by atoms with Crippen LogP contribution in [0.2, 0.25) is 10.0 Å². The molecule has 0 unspecified atom stereocenters. The number of aliphatic hydroxyl groups is 1. The summed E-state index contributed by atoms with van der Waals surface area (Å²) in [6.07, 6.45) is 5.86. The normalized spacial score (nSPS) is 15.2. The number of anilines is 1. The average Bonchev–Trinajstić information content (AvgIpc) is 3.34. The molecule has 1 atom stereocenters. The number of ether oxygens (including phenoxy) is 1. The molecule has 36 heavy (non-hydrogen) atoms. The molecular weight excluding hydrogens is 503 g/mol. The molecule has 194 valence electrons. The number of unbranched alkanes of at least 4 members (excludes halogenated alkanes) is 1. The summed E-state index contributed by atoms with van der Waals surface area (Å²) in [6, 6.07) is 11.0. The molecule has 2 aromatic carbocycles. The van der Waals surface area contributed by atoms with Gasteiger partial charge in [-0.15, -0.1) is 0 Å². The molecule has 2 amide bonds. The number of esters is 1. The second-order valence-electron chi connectivity index (χ2n) is 9.17. The molecule has 0 aromatic heterocycles. The molecule has 0 spiro atoms. The summed E-state index contributed by atoms with van der Waals surface area (Å²) in [5, 5.41) is 15.3. The molecule has 1 saturated carbocycles. The van der Waals surface area contributed by atoms with Crippen LogP contribution < -0.4 is 10.6 Å². The van der Waals surface area contributed by atoms with E-state index in [9.17, 15) is 14.4 Å². The average molecular weight is 535 g/mol. The minimum absolute atomic E-state index is 0.102. The fourth-order valence-corrected chi connectivity index (χ4v) is 5.30. The van der Waals surface area contributed by atoms with Gasteiger partial charge in [0.25, 0.3) is 5.91 Å². The molecule has 0 heterocycles. The zero-order valence-electron chi connectivity index (χ0n) is 20.3. The number of hydrogen-bond donors (Lipinski definition) is 3. The Kier molecular flexibility index (Phi) is 10.2. The number of carbonyl (C=O) groups excluding carboxylic acids is 3. The largest absolute Gasteiger partial charge is 0.467 e. The van der Waals surface area contributed by atoms with Crippen molar-refractivity contribution in [2.24, 2.45) is 5.41 Å². The van der Waals surface area contributed by atoms with Crippen molar-refractivity contribution in [3.05, 3.63) is 63.6 Å². The van der Waals surface area contributed by atoms with Crippen molar-refractivity contribution in [1.82, 2.24) is 5.32 Å². The molecule has 2 aromatic rings. The number of hydrogen-bond acceptors (Lipinski definition) is 5. The van der Waals surface area contributed by atoms with E-state index in [0.29, 0.717) is 18.5 Å². The lowest BCUT2D eigenvalue weighted by Crippen LogP contribution is -2.49. The molecule has 0 bridgehead atoms. The Labute approximate surface area is 221 Å². The van der Waals surface area contributed by atoms with Crippen LogP contribution in [-0.2, 0) is 20.7 Å². The highest BCUT2D eigenvalue weighted by molar-refractivity contribution is 6.40. The Morgan fingerprint density at radius 1 is 1.03 bits per heavy atom. The molecule has 1 fully saturated rings. The smallest absolute Gasteiger partial charge is 0.328 e. The summed E-state index contributed by atoms with van der Waals surface area (Å²) in [4.78, 5) is 38.4. The van der Waals surface area contributed by atoms with Crippen LogP contribution in [0.1, 0.15) is 60.9 Å². The number of carbonyl (C=O) groups is 3. The maximum absolute atomic E-state index is 13.3. The van der Waals surface area contributed by atoms with Crippen LogP contribution in [0, 0.1) is 5.41 Å². The van der Waals surface area contributed by atoms with Gasteiger partial charge in [-0.3, -0.25) is 9.59 Å². The number of halogens is 2. The fraction of sp³-hybridized carbons (Fsp3) is 0.444. The van der Waals surface area contributed by atoms with Crippen molar-refractivity contribution in [2.45, 2.75) is 57.4 Å². The van der Waals surface area contributed by atoms with Crippen molar-refractivity contribution in [1.29, 1.82) is 0 Å². The third-order valence-electron chi connectivity index (χ3n) is 6.74. The number of benzene rings is 2. The number of nitrogens with one attached hydrogen (secondary N) is 2. The summed E-state index contributed by atoms with van der Waals surface area (Å²) >= 11 is 12.2. The minimum atomic E-state index is -0.833. The van der Waals surface area contributed by atoms with E-state index in [1.807, 2.05) is 0 Å². The van der Waals surface area contributed by atoms with Crippen molar-refractivity contribution < 1.29 is 24.2 Å². The van der Waals surface area contributed by atoms with Crippen molar-refractivity contribution in [2.75, 3.05) is 19.0 Å². The minimum Gasteiger partial charge on any atom is -0.467 e. The van der Waals surface area contributed by atoms with Crippen LogP contribution in [-0.4, -0.2) is 42.6 Å². The van der Waals surface area contributed by atoms with Gasteiger partial charge in [0.15, 0.2) is 0 Å². The third kappa shape index (κ3) is 6.99. The monoisotopic (exact) mass is 534 g/mol. The summed E-state index contributed by atoms with van der Waals surface area (Å²) < 4.78 is 4.96. The number of methoxy groups -OCH3 is 1. The van der Waals surface area contributed by atoms with E-state index < -0.39 is 23.3 Å². The predicted molar refractivity (Wildman–Crippen MR) is 140 cm³/mol. The molecule has 0 saturated heterocycles. The van der Waals surface area contributed by atoms with Crippen LogP contribution in [0.15, 0.2) is 42.5 Å². The number of aliphatic hydroxyl groups excluding tert-OH is 1. The van der Waals surface area contributed by atoms with Gasteiger partial charge in [-0.1, -0.05) is 60.7 Å². The molecule has 9 heteroatoms. The van der Waals surface area contributed by atoms with Gasteiger partial charge in [0.05, 0.1) is 22.7 Å². The van der Waals surface area contributed by atoms with Gasteiger partial charge in [0.2, 0.25) is 5.91 Å². The van der Waals surface area contributed by atoms with Gasteiger partial charge in [-0.05, 0) is 55.5 Å². The molecule has 1 aliphatic rings. The zero-order valence-corrected chi connectivity index (χ0v) is 21.8. The second kappa shape index (κ2) is 13.1. The predicted octanol–water partition coefficient (Wildman–Crippen LogP) is 5.17. The highest BCUT2D eigenvalue weighted by Gasteiger charge is 2.41. The summed E-state index contributed by atoms with van der Waals surface area (Å²) in [5.41, 5.74) is 1.01. The SMILES string of the molecule is COC(=O)[C@H](Cc1ccc(NC(=O)c2c(Cl)cccc2Cl)cc1)NC(=O)C1(CCCCO)CCCC1. The van der Waals surface area contributed by atoms with Crippen molar-refractivity contribution in [3.63, 3.8) is 0 Å². The number of amides is 2. The van der Waals surface area contributed by atoms with Gasteiger partial charge < -0.3 is 20.5 Å². The van der Waals surface area contributed by atoms with Crippen molar-refractivity contribution in [3.8, 4) is 0 Å². The lowest BCUT2D eigenvalue weighted by molar-refractivity contribution is -0.146. The Morgan fingerprint density at radius 2 is 1.67 bits per heavy atom. The molecule has 3 N–H and O–H groups in total. The van der Waals surface area contributed by atoms with Gasteiger partial charge >= 0.3 is 5.97 Å². The molecule has 7 nitrogen and oxygen atoms in total. The van der Waals surface area contributed by atoms with Crippen LogP contribution >= 0.6 is 23.2 Å².